The molecule has 3 rings (SSSR count). The van der Waals surface area contributed by atoms with Gasteiger partial charge in [0.1, 0.15) is 0 Å². The van der Waals surface area contributed by atoms with Gasteiger partial charge < -0.3 is 10.7 Å². The van der Waals surface area contributed by atoms with E-state index < -0.39 is 0 Å². The summed E-state index contributed by atoms with van der Waals surface area (Å²) >= 11 is 6.16. The Labute approximate surface area is 129 Å². The van der Waals surface area contributed by atoms with Crippen LogP contribution >= 0.6 is 11.6 Å². The zero-order valence-corrected chi connectivity index (χ0v) is 12.5. The molecule has 0 fully saturated rings. The third kappa shape index (κ3) is 2.94. The molecule has 2 heterocycles. The minimum absolute atomic E-state index is 0.728. The molecule has 3 aromatic rings. The monoisotopic (exact) mass is 299 g/mol. The van der Waals surface area contributed by atoms with Gasteiger partial charge in [0, 0.05) is 33.9 Å². The van der Waals surface area contributed by atoms with Crippen molar-refractivity contribution in [3.05, 3.63) is 53.3 Å². The van der Waals surface area contributed by atoms with E-state index in [1.165, 1.54) is 10.9 Å². The van der Waals surface area contributed by atoms with Crippen LogP contribution in [0.5, 0.6) is 0 Å². The molecule has 0 saturated carbocycles. The molecule has 0 unspecified atom stereocenters. The molecule has 0 aliphatic carbocycles. The largest absolute Gasteiger partial charge is 0.354 e. The summed E-state index contributed by atoms with van der Waals surface area (Å²) < 4.78 is 0. The molecule has 21 heavy (non-hydrogen) atoms. The molecule has 0 aliphatic rings. The van der Waals surface area contributed by atoms with Gasteiger partial charge in [0.2, 0.25) is 0 Å². The normalized spacial score (nSPS) is 11.1. The molecular formula is C17H18ClN3. The number of pyridine rings is 1. The van der Waals surface area contributed by atoms with E-state index >= 15 is 0 Å². The Hall–Kier alpha value is -1.84. The molecule has 108 valence electrons. The number of unbranched alkanes of at least 4 members (excludes halogenated alkanes) is 1. The summed E-state index contributed by atoms with van der Waals surface area (Å²) in [5.41, 5.74) is 10.3. The number of hydrogen-bond acceptors (Lipinski definition) is 2. The maximum Gasteiger partial charge on any atom is 0.0512 e. The summed E-state index contributed by atoms with van der Waals surface area (Å²) in [5.74, 6) is 0. The van der Waals surface area contributed by atoms with Crippen LogP contribution in [0.15, 0.2) is 42.7 Å². The SMILES string of the molecule is NCCCCc1c(-c2cccnc2)[nH]c2ccc(Cl)cc12. The Kier molecular flexibility index (Phi) is 4.23. The third-order valence-electron chi connectivity index (χ3n) is 3.70. The van der Waals surface area contributed by atoms with Crippen molar-refractivity contribution >= 4 is 22.5 Å². The number of nitrogens with two attached hydrogens (primary N) is 1. The molecule has 0 bridgehead atoms. The standard InChI is InChI=1S/C17H18ClN3/c18-13-6-7-16-15(10-13)14(5-1-2-8-19)17(21-16)12-4-3-9-20-11-12/h3-4,6-7,9-11,21H,1-2,5,8,19H2. The summed E-state index contributed by atoms with van der Waals surface area (Å²) in [6.07, 6.45) is 6.76. The molecule has 3 N–H and O–H groups in total. The molecule has 2 aromatic heterocycles. The maximum absolute atomic E-state index is 6.16. The number of benzene rings is 1. The Morgan fingerprint density at radius 3 is 2.86 bits per heavy atom. The first-order valence-electron chi connectivity index (χ1n) is 7.20. The van der Waals surface area contributed by atoms with Crippen molar-refractivity contribution in [1.29, 1.82) is 0 Å². The lowest BCUT2D eigenvalue weighted by molar-refractivity contribution is 0.748. The van der Waals surface area contributed by atoms with E-state index in [4.69, 9.17) is 17.3 Å². The summed E-state index contributed by atoms with van der Waals surface area (Å²) in [4.78, 5) is 7.73. The van der Waals surface area contributed by atoms with Gasteiger partial charge in [0.25, 0.3) is 0 Å². The molecule has 0 amide bonds. The molecule has 0 atom stereocenters. The summed E-state index contributed by atoms with van der Waals surface area (Å²) in [6.45, 7) is 0.728. The van der Waals surface area contributed by atoms with Gasteiger partial charge >= 0.3 is 0 Å². The van der Waals surface area contributed by atoms with Gasteiger partial charge in [0.15, 0.2) is 0 Å². The summed E-state index contributed by atoms with van der Waals surface area (Å²) in [6, 6.07) is 10.0. The van der Waals surface area contributed by atoms with Crippen molar-refractivity contribution in [2.45, 2.75) is 19.3 Å². The van der Waals surface area contributed by atoms with Crippen LogP contribution < -0.4 is 5.73 Å². The lowest BCUT2D eigenvalue weighted by Crippen LogP contribution is -1.99. The highest BCUT2D eigenvalue weighted by molar-refractivity contribution is 6.31. The van der Waals surface area contributed by atoms with Crippen LogP contribution in [0.25, 0.3) is 22.2 Å². The number of aromatic amines is 1. The second-order valence-electron chi connectivity index (χ2n) is 5.16. The van der Waals surface area contributed by atoms with E-state index in [1.807, 2.05) is 30.5 Å². The predicted molar refractivity (Wildman–Crippen MR) is 88.5 cm³/mol. The molecule has 3 nitrogen and oxygen atoms in total. The number of nitrogens with one attached hydrogen (secondary N) is 1. The third-order valence-corrected chi connectivity index (χ3v) is 3.93. The Balaban J connectivity index is 2.11. The first-order chi connectivity index (χ1) is 10.3. The van der Waals surface area contributed by atoms with E-state index in [2.05, 4.69) is 16.0 Å². The minimum Gasteiger partial charge on any atom is -0.354 e. The number of aryl methyl sites for hydroxylation is 1. The molecular weight excluding hydrogens is 282 g/mol. The average molecular weight is 300 g/mol. The van der Waals surface area contributed by atoms with E-state index in [0.29, 0.717) is 0 Å². The lowest BCUT2D eigenvalue weighted by atomic mass is 10.0. The second kappa shape index (κ2) is 6.29. The molecule has 0 saturated heterocycles. The van der Waals surface area contributed by atoms with Crippen molar-refractivity contribution in [2.75, 3.05) is 6.54 Å². The van der Waals surface area contributed by atoms with Crippen LogP contribution in [0.2, 0.25) is 5.02 Å². The smallest absolute Gasteiger partial charge is 0.0512 e. The van der Waals surface area contributed by atoms with Gasteiger partial charge in [-0.1, -0.05) is 11.6 Å². The quantitative estimate of drug-likeness (QED) is 0.695. The van der Waals surface area contributed by atoms with E-state index in [-0.39, 0.29) is 0 Å². The number of aromatic nitrogens is 2. The zero-order valence-electron chi connectivity index (χ0n) is 11.8. The van der Waals surface area contributed by atoms with Gasteiger partial charge in [-0.3, -0.25) is 4.98 Å². The number of halogens is 1. The lowest BCUT2D eigenvalue weighted by Gasteiger charge is -2.05. The molecule has 0 radical (unpaired) electrons. The number of H-pyrrole nitrogens is 1. The van der Waals surface area contributed by atoms with Crippen LogP contribution in [0, 0.1) is 0 Å². The highest BCUT2D eigenvalue weighted by Gasteiger charge is 2.13. The highest BCUT2D eigenvalue weighted by Crippen LogP contribution is 2.32. The van der Waals surface area contributed by atoms with Crippen molar-refractivity contribution in [3.63, 3.8) is 0 Å². The topological polar surface area (TPSA) is 54.7 Å². The Morgan fingerprint density at radius 1 is 1.19 bits per heavy atom. The van der Waals surface area contributed by atoms with Crippen molar-refractivity contribution < 1.29 is 0 Å². The summed E-state index contributed by atoms with van der Waals surface area (Å²) in [5, 5.41) is 1.96. The minimum atomic E-state index is 0.728. The van der Waals surface area contributed by atoms with Gasteiger partial charge in [0.05, 0.1) is 5.69 Å². The number of rotatable bonds is 5. The van der Waals surface area contributed by atoms with E-state index in [9.17, 15) is 0 Å². The fourth-order valence-corrected chi connectivity index (χ4v) is 2.85. The van der Waals surface area contributed by atoms with Crippen molar-refractivity contribution in [2.24, 2.45) is 5.73 Å². The molecule has 4 heteroatoms. The first kappa shape index (κ1) is 14.1. The van der Waals surface area contributed by atoms with Gasteiger partial charge in [-0.2, -0.15) is 0 Å². The van der Waals surface area contributed by atoms with Gasteiger partial charge in [-0.15, -0.1) is 0 Å². The van der Waals surface area contributed by atoms with Crippen LogP contribution in [0.4, 0.5) is 0 Å². The van der Waals surface area contributed by atoms with Gasteiger partial charge in [-0.05, 0) is 61.7 Å². The fourth-order valence-electron chi connectivity index (χ4n) is 2.68. The predicted octanol–water partition coefficient (Wildman–Crippen LogP) is 4.16. The summed E-state index contributed by atoms with van der Waals surface area (Å²) in [7, 11) is 0. The highest BCUT2D eigenvalue weighted by atomic mass is 35.5. The van der Waals surface area contributed by atoms with Crippen LogP contribution in [-0.4, -0.2) is 16.5 Å². The van der Waals surface area contributed by atoms with Crippen LogP contribution in [-0.2, 0) is 6.42 Å². The zero-order chi connectivity index (χ0) is 14.7. The molecule has 1 aromatic carbocycles. The number of fused-ring (bicyclic) bond motifs is 1. The first-order valence-corrected chi connectivity index (χ1v) is 7.58. The molecule has 0 spiro atoms. The Morgan fingerprint density at radius 2 is 2.10 bits per heavy atom. The number of nitrogens with zero attached hydrogens (tertiary/aromatic N) is 1. The van der Waals surface area contributed by atoms with E-state index in [0.717, 1.165) is 47.6 Å². The maximum atomic E-state index is 6.16. The van der Waals surface area contributed by atoms with E-state index in [1.54, 1.807) is 6.20 Å². The average Bonchev–Trinajstić information content (AvgIpc) is 2.87. The fraction of sp³-hybridized carbons (Fsp3) is 0.235. The van der Waals surface area contributed by atoms with Crippen LogP contribution in [0.1, 0.15) is 18.4 Å². The van der Waals surface area contributed by atoms with Crippen molar-refractivity contribution in [3.8, 4) is 11.3 Å². The second-order valence-corrected chi connectivity index (χ2v) is 5.59. The molecule has 0 aliphatic heterocycles. The van der Waals surface area contributed by atoms with Gasteiger partial charge in [-0.25, -0.2) is 0 Å². The van der Waals surface area contributed by atoms with Crippen LogP contribution in [0.3, 0.4) is 0 Å². The Bertz CT molecular complexity index is 734. The van der Waals surface area contributed by atoms with Crippen molar-refractivity contribution in [1.82, 2.24) is 9.97 Å². The number of hydrogen-bond donors (Lipinski definition) is 2.